The number of hydrogen-bond acceptors (Lipinski definition) is 6. The van der Waals surface area contributed by atoms with Crippen molar-refractivity contribution in [1.82, 2.24) is 14.5 Å². The molecule has 3 rings (SSSR count). The zero-order valence-corrected chi connectivity index (χ0v) is 19.3. The van der Waals surface area contributed by atoms with Gasteiger partial charge in [0.2, 0.25) is 15.9 Å². The number of ether oxygens (including phenoxy) is 2. The second-order valence-corrected chi connectivity index (χ2v) is 10.0. The van der Waals surface area contributed by atoms with Crippen LogP contribution in [0, 0.1) is 0 Å². The van der Waals surface area contributed by atoms with Crippen LogP contribution in [0.2, 0.25) is 0 Å². The van der Waals surface area contributed by atoms with E-state index in [1.54, 1.807) is 18.2 Å². The minimum absolute atomic E-state index is 0.100. The first-order valence-corrected chi connectivity index (χ1v) is 12.7. The average Bonchev–Trinajstić information content (AvgIpc) is 3.06. The summed E-state index contributed by atoms with van der Waals surface area (Å²) in [6.07, 6.45) is 6.22. The summed E-state index contributed by atoms with van der Waals surface area (Å²) in [5.41, 5.74) is 0.651. The van der Waals surface area contributed by atoms with Crippen LogP contribution in [0.4, 0.5) is 0 Å². The highest BCUT2D eigenvalue weighted by Gasteiger charge is 2.29. The summed E-state index contributed by atoms with van der Waals surface area (Å²) in [5.74, 6) is 0.184. The van der Waals surface area contributed by atoms with Crippen molar-refractivity contribution in [3.05, 3.63) is 23.8 Å². The van der Waals surface area contributed by atoms with Crippen LogP contribution in [0.5, 0.6) is 5.75 Å². The predicted octanol–water partition coefficient (Wildman–Crippen LogP) is 1.64. The molecule has 0 saturated carbocycles. The number of carbonyl (C=O) groups is 1. The molecule has 9 heteroatoms. The van der Waals surface area contributed by atoms with Crippen LogP contribution in [-0.2, 0) is 26.0 Å². The molecule has 1 amide bonds. The van der Waals surface area contributed by atoms with E-state index in [1.165, 1.54) is 37.1 Å². The maximum atomic E-state index is 13.1. The topological polar surface area (TPSA) is 88.2 Å². The summed E-state index contributed by atoms with van der Waals surface area (Å²) in [6, 6.07) is 4.92. The Morgan fingerprint density at radius 1 is 1.10 bits per heavy atom. The van der Waals surface area contributed by atoms with Crippen molar-refractivity contribution in [3.8, 4) is 5.75 Å². The molecule has 2 fully saturated rings. The van der Waals surface area contributed by atoms with E-state index in [9.17, 15) is 13.2 Å². The van der Waals surface area contributed by atoms with Gasteiger partial charge in [-0.15, -0.1) is 0 Å². The number of hydrogen-bond donors (Lipinski definition) is 1. The Kier molecular flexibility index (Phi) is 9.13. The third-order valence-corrected chi connectivity index (χ3v) is 7.77. The zero-order valence-electron chi connectivity index (χ0n) is 18.5. The minimum atomic E-state index is -3.71. The van der Waals surface area contributed by atoms with Crippen molar-refractivity contribution in [3.63, 3.8) is 0 Å². The second kappa shape index (κ2) is 11.8. The van der Waals surface area contributed by atoms with Crippen LogP contribution in [0.3, 0.4) is 0 Å². The number of morpholine rings is 1. The number of methoxy groups -OCH3 is 1. The Balaban J connectivity index is 1.54. The number of amides is 1. The first-order chi connectivity index (χ1) is 15.0. The predicted molar refractivity (Wildman–Crippen MR) is 119 cm³/mol. The molecule has 0 unspecified atom stereocenters. The van der Waals surface area contributed by atoms with Crippen molar-refractivity contribution in [2.75, 3.05) is 59.6 Å². The molecule has 0 radical (unpaired) electrons. The van der Waals surface area contributed by atoms with Crippen molar-refractivity contribution < 1.29 is 22.7 Å². The van der Waals surface area contributed by atoms with Crippen molar-refractivity contribution in [1.29, 1.82) is 0 Å². The van der Waals surface area contributed by atoms with Gasteiger partial charge in [-0.2, -0.15) is 4.31 Å². The number of sulfonamides is 1. The minimum Gasteiger partial charge on any atom is -0.495 e. The molecule has 8 nitrogen and oxygen atoms in total. The molecule has 0 spiro atoms. The number of nitrogens with zero attached hydrogens (tertiary/aromatic N) is 2. The number of likely N-dealkylation sites (tertiary alicyclic amines) is 1. The Labute approximate surface area is 185 Å². The lowest BCUT2D eigenvalue weighted by Crippen LogP contribution is -2.40. The number of benzene rings is 1. The van der Waals surface area contributed by atoms with E-state index in [0.717, 1.165) is 26.1 Å². The van der Waals surface area contributed by atoms with Gasteiger partial charge in [-0.25, -0.2) is 8.42 Å². The van der Waals surface area contributed by atoms with E-state index in [0.29, 0.717) is 38.4 Å². The smallest absolute Gasteiger partial charge is 0.246 e. The van der Waals surface area contributed by atoms with Gasteiger partial charge in [-0.05, 0) is 56.6 Å². The molecule has 1 aromatic rings. The summed E-state index contributed by atoms with van der Waals surface area (Å²) in [6.45, 7) is 5.32. The molecule has 2 saturated heterocycles. The Bertz CT molecular complexity index is 816. The molecular weight excluding hydrogens is 418 g/mol. The molecule has 1 N–H and O–H groups in total. The van der Waals surface area contributed by atoms with Crippen molar-refractivity contribution in [2.24, 2.45) is 0 Å². The molecule has 2 aliphatic rings. The SMILES string of the molecule is COc1ccc(CC(=O)NCCCN2CCCCCC2)cc1S(=O)(=O)N1CCOCC1. The third-order valence-electron chi connectivity index (χ3n) is 5.85. The Morgan fingerprint density at radius 3 is 2.48 bits per heavy atom. The van der Waals surface area contributed by atoms with E-state index in [2.05, 4.69) is 10.2 Å². The average molecular weight is 454 g/mol. The van der Waals surface area contributed by atoms with Gasteiger partial charge in [-0.1, -0.05) is 18.9 Å². The van der Waals surface area contributed by atoms with Crippen LogP contribution in [0.15, 0.2) is 23.1 Å². The monoisotopic (exact) mass is 453 g/mol. The molecule has 31 heavy (non-hydrogen) atoms. The highest BCUT2D eigenvalue weighted by Crippen LogP contribution is 2.28. The van der Waals surface area contributed by atoms with Crippen LogP contribution >= 0.6 is 0 Å². The molecule has 174 valence electrons. The molecule has 2 heterocycles. The first-order valence-electron chi connectivity index (χ1n) is 11.2. The molecule has 0 aromatic heterocycles. The molecule has 0 aliphatic carbocycles. The maximum Gasteiger partial charge on any atom is 0.246 e. The van der Waals surface area contributed by atoms with E-state index in [1.807, 2.05) is 0 Å². The lowest BCUT2D eigenvalue weighted by Gasteiger charge is -2.26. The maximum absolute atomic E-state index is 13.1. The lowest BCUT2D eigenvalue weighted by atomic mass is 10.1. The summed E-state index contributed by atoms with van der Waals surface area (Å²) in [7, 11) is -2.26. The van der Waals surface area contributed by atoms with E-state index >= 15 is 0 Å². The highest BCUT2D eigenvalue weighted by atomic mass is 32.2. The molecule has 2 aliphatic heterocycles. The summed E-state index contributed by atoms with van der Waals surface area (Å²) < 4.78 is 38.1. The second-order valence-electron chi connectivity index (χ2n) is 8.14. The summed E-state index contributed by atoms with van der Waals surface area (Å²) >= 11 is 0. The first kappa shape index (κ1) is 24.0. The quantitative estimate of drug-likeness (QED) is 0.572. The van der Waals surface area contributed by atoms with Crippen LogP contribution in [0.1, 0.15) is 37.7 Å². The zero-order chi connectivity index (χ0) is 22.1. The summed E-state index contributed by atoms with van der Waals surface area (Å²) in [5, 5.41) is 2.96. The molecule has 0 atom stereocenters. The van der Waals surface area contributed by atoms with Crippen LogP contribution in [-0.4, -0.2) is 83.1 Å². The van der Waals surface area contributed by atoms with Gasteiger partial charge >= 0.3 is 0 Å². The fourth-order valence-corrected chi connectivity index (χ4v) is 5.71. The van der Waals surface area contributed by atoms with E-state index in [4.69, 9.17) is 9.47 Å². The van der Waals surface area contributed by atoms with Crippen molar-refractivity contribution in [2.45, 2.75) is 43.4 Å². The van der Waals surface area contributed by atoms with Gasteiger partial charge in [-0.3, -0.25) is 4.79 Å². The largest absolute Gasteiger partial charge is 0.495 e. The fourth-order valence-electron chi connectivity index (χ4n) is 4.10. The molecule has 0 bridgehead atoms. The van der Waals surface area contributed by atoms with Crippen LogP contribution < -0.4 is 10.1 Å². The Morgan fingerprint density at radius 2 is 1.81 bits per heavy atom. The lowest BCUT2D eigenvalue weighted by molar-refractivity contribution is -0.120. The highest BCUT2D eigenvalue weighted by molar-refractivity contribution is 7.89. The third kappa shape index (κ3) is 6.90. The van der Waals surface area contributed by atoms with Gasteiger partial charge in [0.25, 0.3) is 0 Å². The number of nitrogens with one attached hydrogen (secondary N) is 1. The molecular formula is C22H35N3O5S. The van der Waals surface area contributed by atoms with E-state index < -0.39 is 10.0 Å². The fraction of sp³-hybridized carbons (Fsp3) is 0.682. The number of rotatable bonds is 9. The van der Waals surface area contributed by atoms with E-state index in [-0.39, 0.29) is 23.0 Å². The normalized spacial score (nSPS) is 19.0. The standard InChI is InChI=1S/C22H35N3O5S/c1-29-20-8-7-19(17-21(20)31(27,28)25-13-15-30-16-14-25)18-22(26)23-9-6-12-24-10-4-2-3-5-11-24/h7-8,17H,2-6,9-16,18H2,1H3,(H,23,26). The van der Waals surface area contributed by atoms with Gasteiger partial charge in [0, 0.05) is 19.6 Å². The van der Waals surface area contributed by atoms with Gasteiger partial charge in [0.1, 0.15) is 10.6 Å². The van der Waals surface area contributed by atoms with Crippen molar-refractivity contribution >= 4 is 15.9 Å². The van der Waals surface area contributed by atoms with Crippen LogP contribution in [0.25, 0.3) is 0 Å². The Hall–Kier alpha value is -1.68. The summed E-state index contributed by atoms with van der Waals surface area (Å²) in [4.78, 5) is 15.0. The van der Waals surface area contributed by atoms with Gasteiger partial charge in [0.05, 0.1) is 26.7 Å². The van der Waals surface area contributed by atoms with Gasteiger partial charge < -0.3 is 19.7 Å². The number of carbonyl (C=O) groups excluding carboxylic acids is 1. The molecule has 1 aromatic carbocycles. The van der Waals surface area contributed by atoms with Gasteiger partial charge in [0.15, 0.2) is 0 Å².